The quantitative estimate of drug-likeness (QED) is 0.881. The molecule has 138 valence electrons. The highest BCUT2D eigenvalue weighted by Crippen LogP contribution is 2.26. The molecule has 2 heterocycles. The number of nitrogens with zero attached hydrogens (tertiary/aromatic N) is 3. The molecule has 26 heavy (non-hydrogen) atoms. The van der Waals surface area contributed by atoms with Gasteiger partial charge < -0.3 is 15.0 Å². The molecule has 1 aliphatic rings. The first-order valence-electron chi connectivity index (χ1n) is 8.11. The summed E-state index contributed by atoms with van der Waals surface area (Å²) in [6, 6.07) is 7.24. The molecule has 2 aromatic rings. The summed E-state index contributed by atoms with van der Waals surface area (Å²) in [6.07, 6.45) is -1.34. The Kier molecular flexibility index (Phi) is 5.24. The number of alkyl halides is 3. The van der Waals surface area contributed by atoms with Gasteiger partial charge in [-0.1, -0.05) is 18.2 Å². The lowest BCUT2D eigenvalue weighted by Crippen LogP contribution is -2.26. The average Bonchev–Trinajstić information content (AvgIpc) is 3.14. The second-order valence-corrected chi connectivity index (χ2v) is 5.79. The Morgan fingerprint density at radius 3 is 2.65 bits per heavy atom. The fraction of sp³-hybridized carbons (Fsp3) is 0.353. The second-order valence-electron chi connectivity index (χ2n) is 5.79. The number of amides is 1. The molecule has 0 aliphatic carbocycles. The number of rotatable bonds is 5. The van der Waals surface area contributed by atoms with E-state index < -0.39 is 12.3 Å². The van der Waals surface area contributed by atoms with E-state index in [1.54, 1.807) is 12.1 Å². The minimum atomic E-state index is -4.79. The van der Waals surface area contributed by atoms with Crippen molar-refractivity contribution >= 4 is 11.7 Å². The molecule has 0 bridgehead atoms. The third-order valence-corrected chi connectivity index (χ3v) is 3.95. The number of anilines is 1. The summed E-state index contributed by atoms with van der Waals surface area (Å²) in [5.41, 5.74) is 0.378. The molecule has 0 unspecified atom stereocenters. The summed E-state index contributed by atoms with van der Waals surface area (Å²) in [5.74, 6) is -0.168. The molecule has 1 aromatic carbocycles. The lowest BCUT2D eigenvalue weighted by molar-refractivity contribution is -0.274. The smallest absolute Gasteiger partial charge is 0.405 e. The van der Waals surface area contributed by atoms with Crippen molar-refractivity contribution in [2.75, 3.05) is 18.0 Å². The first kappa shape index (κ1) is 18.0. The molecule has 1 aromatic heterocycles. The van der Waals surface area contributed by atoms with E-state index in [2.05, 4.69) is 24.9 Å². The van der Waals surface area contributed by atoms with Gasteiger partial charge in [0.15, 0.2) is 0 Å². The molecule has 3 rings (SSSR count). The third kappa shape index (κ3) is 4.62. The Morgan fingerprint density at radius 2 is 1.92 bits per heavy atom. The maximum Gasteiger partial charge on any atom is 0.573 e. The third-order valence-electron chi connectivity index (χ3n) is 3.95. The lowest BCUT2D eigenvalue weighted by Gasteiger charge is -2.16. The summed E-state index contributed by atoms with van der Waals surface area (Å²) in [6.45, 7) is 1.63. The molecule has 1 saturated heterocycles. The van der Waals surface area contributed by atoms with Crippen LogP contribution in [0.5, 0.6) is 5.75 Å². The fourth-order valence-electron chi connectivity index (χ4n) is 2.73. The number of ether oxygens (including phenoxy) is 1. The van der Waals surface area contributed by atoms with Gasteiger partial charge in [0, 0.05) is 31.3 Å². The van der Waals surface area contributed by atoms with Crippen LogP contribution in [0.3, 0.4) is 0 Å². The van der Waals surface area contributed by atoms with Gasteiger partial charge >= 0.3 is 6.36 Å². The molecule has 9 heteroatoms. The first-order chi connectivity index (χ1) is 12.4. The number of benzene rings is 1. The van der Waals surface area contributed by atoms with Crippen LogP contribution in [0.1, 0.15) is 28.9 Å². The van der Waals surface area contributed by atoms with Crippen molar-refractivity contribution in [1.82, 2.24) is 15.3 Å². The summed E-state index contributed by atoms with van der Waals surface area (Å²) >= 11 is 0. The van der Waals surface area contributed by atoms with E-state index >= 15 is 0 Å². The minimum absolute atomic E-state index is 0.117. The Labute approximate surface area is 148 Å². The van der Waals surface area contributed by atoms with Crippen LogP contribution in [0.25, 0.3) is 0 Å². The van der Waals surface area contributed by atoms with Gasteiger partial charge in [-0.2, -0.15) is 0 Å². The summed E-state index contributed by atoms with van der Waals surface area (Å²) in [7, 11) is 0. The van der Waals surface area contributed by atoms with Crippen molar-refractivity contribution in [1.29, 1.82) is 0 Å². The van der Waals surface area contributed by atoms with Crippen LogP contribution >= 0.6 is 0 Å². The van der Waals surface area contributed by atoms with E-state index in [9.17, 15) is 18.0 Å². The van der Waals surface area contributed by atoms with Crippen LogP contribution in [0.15, 0.2) is 36.7 Å². The largest absolute Gasteiger partial charge is 0.573 e. The molecule has 0 saturated carbocycles. The summed E-state index contributed by atoms with van der Waals surface area (Å²) < 4.78 is 41.3. The molecule has 1 N–H and O–H groups in total. The van der Waals surface area contributed by atoms with Crippen molar-refractivity contribution in [2.45, 2.75) is 25.7 Å². The van der Waals surface area contributed by atoms with Crippen molar-refractivity contribution in [3.8, 4) is 5.75 Å². The Bertz CT molecular complexity index is 777. The number of carbonyl (C=O) groups is 1. The standard InChI is InChI=1S/C17H17F3N4O2/c18-17(19,20)26-14-6-2-1-5-12(14)10-21-16(25)13-9-15(23-11-22-13)24-7-3-4-8-24/h1-2,5-6,9,11H,3-4,7-8,10H2,(H,21,25). The van der Waals surface area contributed by atoms with Crippen molar-refractivity contribution in [3.63, 3.8) is 0 Å². The molecule has 0 atom stereocenters. The number of hydrogen-bond donors (Lipinski definition) is 1. The minimum Gasteiger partial charge on any atom is -0.405 e. The van der Waals surface area contributed by atoms with E-state index in [1.807, 2.05) is 0 Å². The van der Waals surface area contributed by atoms with Gasteiger partial charge in [0.05, 0.1) is 0 Å². The van der Waals surface area contributed by atoms with Gasteiger partial charge in [0.25, 0.3) is 5.91 Å². The van der Waals surface area contributed by atoms with Gasteiger partial charge in [-0.15, -0.1) is 13.2 Å². The van der Waals surface area contributed by atoms with Gasteiger partial charge in [-0.3, -0.25) is 4.79 Å². The highest BCUT2D eigenvalue weighted by molar-refractivity contribution is 5.92. The molecule has 1 amide bonds. The zero-order valence-corrected chi connectivity index (χ0v) is 13.8. The van der Waals surface area contributed by atoms with Crippen molar-refractivity contribution in [2.24, 2.45) is 0 Å². The zero-order chi connectivity index (χ0) is 18.6. The molecule has 1 fully saturated rings. The van der Waals surface area contributed by atoms with Crippen LogP contribution in [-0.4, -0.2) is 35.3 Å². The number of nitrogens with one attached hydrogen (secondary N) is 1. The monoisotopic (exact) mass is 366 g/mol. The van der Waals surface area contributed by atoms with E-state index in [1.165, 1.54) is 24.5 Å². The van der Waals surface area contributed by atoms with Crippen molar-refractivity contribution in [3.05, 3.63) is 47.9 Å². The zero-order valence-electron chi connectivity index (χ0n) is 13.8. The number of para-hydroxylation sites is 1. The van der Waals surface area contributed by atoms with Gasteiger partial charge in [-0.05, 0) is 18.9 Å². The number of carbonyl (C=O) groups excluding carboxylic acids is 1. The molecular weight excluding hydrogens is 349 g/mol. The molecule has 6 nitrogen and oxygen atoms in total. The lowest BCUT2D eigenvalue weighted by atomic mass is 10.2. The average molecular weight is 366 g/mol. The highest BCUT2D eigenvalue weighted by Gasteiger charge is 2.32. The van der Waals surface area contributed by atoms with E-state index in [0.29, 0.717) is 5.82 Å². The number of halogens is 3. The van der Waals surface area contributed by atoms with Crippen LogP contribution in [0.4, 0.5) is 19.0 Å². The maximum absolute atomic E-state index is 12.4. The van der Waals surface area contributed by atoms with E-state index in [4.69, 9.17) is 0 Å². The first-order valence-corrected chi connectivity index (χ1v) is 8.11. The molecule has 0 spiro atoms. The molecular formula is C17H17F3N4O2. The fourth-order valence-corrected chi connectivity index (χ4v) is 2.73. The van der Waals surface area contributed by atoms with E-state index in [-0.39, 0.29) is 23.6 Å². The predicted octanol–water partition coefficient (Wildman–Crippen LogP) is 2.91. The van der Waals surface area contributed by atoms with E-state index in [0.717, 1.165) is 25.9 Å². The van der Waals surface area contributed by atoms with Crippen LogP contribution in [0, 0.1) is 0 Å². The van der Waals surface area contributed by atoms with Gasteiger partial charge in [0.2, 0.25) is 0 Å². The summed E-state index contributed by atoms with van der Waals surface area (Å²) in [5, 5.41) is 2.56. The van der Waals surface area contributed by atoms with Gasteiger partial charge in [-0.25, -0.2) is 9.97 Å². The Hall–Kier alpha value is -2.84. The second kappa shape index (κ2) is 7.59. The molecule has 0 radical (unpaired) electrons. The topological polar surface area (TPSA) is 67.3 Å². The highest BCUT2D eigenvalue weighted by atomic mass is 19.4. The number of hydrogen-bond acceptors (Lipinski definition) is 5. The van der Waals surface area contributed by atoms with Crippen LogP contribution < -0.4 is 15.0 Å². The molecule has 1 aliphatic heterocycles. The van der Waals surface area contributed by atoms with Crippen molar-refractivity contribution < 1.29 is 22.7 Å². The number of aromatic nitrogens is 2. The normalized spacial score (nSPS) is 14.3. The van der Waals surface area contributed by atoms with Gasteiger partial charge in [0.1, 0.15) is 23.6 Å². The Morgan fingerprint density at radius 1 is 1.19 bits per heavy atom. The van der Waals surface area contributed by atoms with Crippen LogP contribution in [0.2, 0.25) is 0 Å². The summed E-state index contributed by atoms with van der Waals surface area (Å²) in [4.78, 5) is 22.5. The predicted molar refractivity (Wildman–Crippen MR) is 87.8 cm³/mol. The van der Waals surface area contributed by atoms with Crippen LogP contribution in [-0.2, 0) is 6.54 Å². The maximum atomic E-state index is 12.4. The SMILES string of the molecule is O=C(NCc1ccccc1OC(F)(F)F)c1cc(N2CCCC2)ncn1. The Balaban J connectivity index is 1.67.